The van der Waals surface area contributed by atoms with Gasteiger partial charge in [-0.15, -0.1) is 10.2 Å². The molecule has 0 saturated carbocycles. The van der Waals surface area contributed by atoms with Crippen molar-refractivity contribution < 1.29 is 9.53 Å². The highest BCUT2D eigenvalue weighted by Crippen LogP contribution is 2.23. The highest BCUT2D eigenvalue weighted by molar-refractivity contribution is 6.04. The van der Waals surface area contributed by atoms with E-state index in [0.29, 0.717) is 30.4 Å². The summed E-state index contributed by atoms with van der Waals surface area (Å²) in [7, 11) is 1.67. The molecular weight excluding hydrogens is 394 g/mol. The number of methoxy groups -OCH3 is 1. The molecule has 1 amide bonds. The number of rotatable bonds is 6. The van der Waals surface area contributed by atoms with Crippen LogP contribution in [0.2, 0.25) is 0 Å². The molecule has 9 heteroatoms. The third-order valence-corrected chi connectivity index (χ3v) is 5.50. The maximum atomic E-state index is 12.9. The number of nitrogens with one attached hydrogen (secondary N) is 1. The first-order chi connectivity index (χ1) is 15.2. The lowest BCUT2D eigenvalue weighted by Gasteiger charge is -2.14. The van der Waals surface area contributed by atoms with Crippen LogP contribution < -0.4 is 5.32 Å². The fourth-order valence-electron chi connectivity index (χ4n) is 3.90. The fraction of sp³-hybridized carbons (Fsp3) is 0.318. The zero-order valence-electron chi connectivity index (χ0n) is 17.3. The summed E-state index contributed by atoms with van der Waals surface area (Å²) in [5.41, 5.74) is 1.96. The van der Waals surface area contributed by atoms with Crippen LogP contribution in [0.15, 0.2) is 42.7 Å². The van der Waals surface area contributed by atoms with Gasteiger partial charge in [-0.25, -0.2) is 4.98 Å². The Bertz CT molecular complexity index is 1240. The molecule has 9 nitrogen and oxygen atoms in total. The highest BCUT2D eigenvalue weighted by atomic mass is 16.5. The first kappa shape index (κ1) is 19.4. The number of fused-ring (bicyclic) bond motifs is 2. The first-order valence-corrected chi connectivity index (χ1v) is 10.4. The quantitative estimate of drug-likeness (QED) is 0.518. The molecule has 0 aromatic carbocycles. The zero-order chi connectivity index (χ0) is 21.2. The van der Waals surface area contributed by atoms with Gasteiger partial charge in [-0.05, 0) is 37.1 Å². The van der Waals surface area contributed by atoms with Gasteiger partial charge < -0.3 is 19.2 Å². The molecule has 0 radical (unpaired) electrons. The van der Waals surface area contributed by atoms with Gasteiger partial charge in [0.05, 0.1) is 12.1 Å². The highest BCUT2D eigenvalue weighted by Gasteiger charge is 2.18. The molecule has 0 aliphatic carbocycles. The topological polar surface area (TPSA) is 99.8 Å². The summed E-state index contributed by atoms with van der Waals surface area (Å²) >= 11 is 0. The Kier molecular flexibility index (Phi) is 5.17. The standard InChI is InChI=1S/C22H23N7O2/c1-31-12-11-28-10-8-15-14-23-17(13-18(15)28)22(30)25-19-6-4-5-16(24-19)21-27-26-20-7-2-3-9-29(20)21/h4-6,8,10,13-14H,2-3,7,9,11-12H2,1H3,(H,24,25,30). The van der Waals surface area contributed by atoms with Crippen LogP contribution in [0, 0.1) is 0 Å². The number of aryl methyl sites for hydroxylation is 1. The number of nitrogens with zero attached hydrogens (tertiary/aromatic N) is 6. The minimum absolute atomic E-state index is 0.311. The second-order valence-corrected chi connectivity index (χ2v) is 7.54. The Morgan fingerprint density at radius 2 is 2.16 bits per heavy atom. The summed E-state index contributed by atoms with van der Waals surface area (Å²) in [6.07, 6.45) is 6.85. The summed E-state index contributed by atoms with van der Waals surface area (Å²) < 4.78 is 9.32. The van der Waals surface area contributed by atoms with E-state index in [1.54, 1.807) is 25.4 Å². The van der Waals surface area contributed by atoms with Crippen molar-refractivity contribution >= 4 is 22.6 Å². The summed E-state index contributed by atoms with van der Waals surface area (Å²) in [6.45, 7) is 2.19. The Morgan fingerprint density at radius 3 is 3.06 bits per heavy atom. The van der Waals surface area contributed by atoms with Gasteiger partial charge in [-0.3, -0.25) is 9.78 Å². The summed E-state index contributed by atoms with van der Waals surface area (Å²) in [6, 6.07) is 9.27. The van der Waals surface area contributed by atoms with Gasteiger partial charge >= 0.3 is 0 Å². The van der Waals surface area contributed by atoms with Crippen LogP contribution in [0.4, 0.5) is 5.82 Å². The van der Waals surface area contributed by atoms with E-state index in [9.17, 15) is 4.79 Å². The van der Waals surface area contributed by atoms with Crippen LogP contribution in [-0.4, -0.2) is 48.9 Å². The first-order valence-electron chi connectivity index (χ1n) is 10.4. The largest absolute Gasteiger partial charge is 0.383 e. The zero-order valence-corrected chi connectivity index (χ0v) is 17.3. The number of aromatic nitrogens is 6. The lowest BCUT2D eigenvalue weighted by Crippen LogP contribution is -2.15. The van der Waals surface area contributed by atoms with Gasteiger partial charge in [0, 0.05) is 44.4 Å². The molecule has 1 aliphatic heterocycles. The molecule has 1 aliphatic rings. The van der Waals surface area contributed by atoms with Crippen molar-refractivity contribution in [1.29, 1.82) is 0 Å². The van der Waals surface area contributed by atoms with Crippen molar-refractivity contribution in [2.45, 2.75) is 32.4 Å². The third kappa shape index (κ3) is 3.79. The van der Waals surface area contributed by atoms with Gasteiger partial charge in [0.15, 0.2) is 5.82 Å². The molecule has 0 fully saturated rings. The molecule has 4 aromatic rings. The maximum Gasteiger partial charge on any atom is 0.275 e. The molecule has 1 N–H and O–H groups in total. The molecule has 0 saturated heterocycles. The lowest BCUT2D eigenvalue weighted by atomic mass is 10.1. The monoisotopic (exact) mass is 417 g/mol. The number of pyridine rings is 2. The van der Waals surface area contributed by atoms with Crippen LogP contribution in [0.1, 0.15) is 29.2 Å². The minimum Gasteiger partial charge on any atom is -0.383 e. The smallest absolute Gasteiger partial charge is 0.275 e. The molecular formula is C22H23N7O2. The summed E-state index contributed by atoms with van der Waals surface area (Å²) in [5.74, 6) is 1.87. The maximum absolute atomic E-state index is 12.9. The van der Waals surface area contributed by atoms with E-state index in [1.807, 2.05) is 29.0 Å². The van der Waals surface area contributed by atoms with Crippen molar-refractivity contribution in [3.05, 3.63) is 54.2 Å². The number of anilines is 1. The van der Waals surface area contributed by atoms with Crippen molar-refractivity contribution in [3.8, 4) is 11.5 Å². The number of carbonyl (C=O) groups excluding carboxylic acids is 1. The van der Waals surface area contributed by atoms with Crippen LogP contribution >= 0.6 is 0 Å². The fourth-order valence-corrected chi connectivity index (χ4v) is 3.90. The van der Waals surface area contributed by atoms with Crippen molar-refractivity contribution in [2.75, 3.05) is 19.0 Å². The van der Waals surface area contributed by atoms with Crippen LogP contribution in [0.5, 0.6) is 0 Å². The van der Waals surface area contributed by atoms with Crippen molar-refractivity contribution in [1.82, 2.24) is 29.3 Å². The predicted molar refractivity (Wildman–Crippen MR) is 116 cm³/mol. The van der Waals surface area contributed by atoms with E-state index in [-0.39, 0.29) is 5.91 Å². The number of amides is 1. The Balaban J connectivity index is 1.38. The number of hydrogen-bond acceptors (Lipinski definition) is 6. The Hall–Kier alpha value is -3.59. The van der Waals surface area contributed by atoms with E-state index in [2.05, 4.69) is 30.0 Å². The van der Waals surface area contributed by atoms with Gasteiger partial charge in [0.1, 0.15) is 23.0 Å². The number of ether oxygens (including phenoxy) is 1. The number of carbonyl (C=O) groups is 1. The molecule has 31 heavy (non-hydrogen) atoms. The van der Waals surface area contributed by atoms with Gasteiger partial charge in [0.2, 0.25) is 0 Å². The normalized spacial score (nSPS) is 13.3. The van der Waals surface area contributed by atoms with E-state index in [4.69, 9.17) is 4.74 Å². The molecule has 0 unspecified atom stereocenters. The van der Waals surface area contributed by atoms with E-state index >= 15 is 0 Å². The van der Waals surface area contributed by atoms with Crippen molar-refractivity contribution in [2.24, 2.45) is 0 Å². The van der Waals surface area contributed by atoms with Gasteiger partial charge in [-0.1, -0.05) is 6.07 Å². The van der Waals surface area contributed by atoms with Crippen molar-refractivity contribution in [3.63, 3.8) is 0 Å². The van der Waals surface area contributed by atoms with E-state index in [1.165, 1.54) is 0 Å². The summed E-state index contributed by atoms with van der Waals surface area (Å²) in [4.78, 5) is 21.8. The Labute approximate surface area is 179 Å². The number of hydrogen-bond donors (Lipinski definition) is 1. The Morgan fingerprint density at radius 1 is 1.23 bits per heavy atom. The molecule has 4 aromatic heterocycles. The van der Waals surface area contributed by atoms with Gasteiger partial charge in [-0.2, -0.15) is 0 Å². The molecule has 5 rings (SSSR count). The van der Waals surface area contributed by atoms with Crippen LogP contribution in [0.25, 0.3) is 22.4 Å². The molecule has 158 valence electrons. The SMILES string of the molecule is COCCn1ccc2cnc(C(=O)Nc3cccc(-c4nnc5n4CCCC5)n3)cc21. The summed E-state index contributed by atoms with van der Waals surface area (Å²) in [5, 5.41) is 12.4. The second-order valence-electron chi connectivity index (χ2n) is 7.54. The average Bonchev–Trinajstić information content (AvgIpc) is 3.41. The molecule has 5 heterocycles. The second kappa shape index (κ2) is 8.27. The van der Waals surface area contributed by atoms with E-state index in [0.717, 1.165) is 48.4 Å². The van der Waals surface area contributed by atoms with Crippen LogP contribution in [0.3, 0.4) is 0 Å². The minimum atomic E-state index is -0.311. The molecule has 0 atom stereocenters. The third-order valence-electron chi connectivity index (χ3n) is 5.50. The predicted octanol–water partition coefficient (Wildman–Crippen LogP) is 2.92. The lowest BCUT2D eigenvalue weighted by molar-refractivity contribution is 0.102. The molecule has 0 bridgehead atoms. The van der Waals surface area contributed by atoms with Gasteiger partial charge in [0.25, 0.3) is 5.91 Å². The van der Waals surface area contributed by atoms with E-state index < -0.39 is 0 Å². The molecule has 0 spiro atoms. The average molecular weight is 417 g/mol. The van der Waals surface area contributed by atoms with Crippen LogP contribution in [-0.2, 0) is 24.2 Å².